The molecule has 0 aromatic heterocycles. The largest absolute Gasteiger partial charge is 0.480 e. The molecule has 4 heteroatoms. The number of aliphatic carboxylic acids is 1. The van der Waals surface area contributed by atoms with Crippen LogP contribution in [0.3, 0.4) is 0 Å². The van der Waals surface area contributed by atoms with Crippen LogP contribution >= 0.6 is 0 Å². The van der Waals surface area contributed by atoms with E-state index >= 15 is 0 Å². The predicted molar refractivity (Wildman–Crippen MR) is 71.0 cm³/mol. The van der Waals surface area contributed by atoms with E-state index in [9.17, 15) is 4.79 Å². The Morgan fingerprint density at radius 3 is 2.56 bits per heavy atom. The lowest BCUT2D eigenvalue weighted by Gasteiger charge is -2.16. The first-order chi connectivity index (χ1) is 8.67. The summed E-state index contributed by atoms with van der Waals surface area (Å²) in [6.07, 6.45) is 1.83. The van der Waals surface area contributed by atoms with Gasteiger partial charge in [0, 0.05) is 19.6 Å². The zero-order valence-corrected chi connectivity index (χ0v) is 10.4. The van der Waals surface area contributed by atoms with Gasteiger partial charge in [-0.05, 0) is 11.1 Å². The van der Waals surface area contributed by atoms with Crippen LogP contribution in [-0.4, -0.2) is 47.2 Å². The second-order valence-electron chi connectivity index (χ2n) is 4.59. The van der Waals surface area contributed by atoms with Crippen LogP contribution in [0.2, 0.25) is 0 Å². The Bertz CT molecular complexity index is 428. The minimum absolute atomic E-state index is 0.131. The molecular weight excluding hydrogens is 228 g/mol. The minimum atomic E-state index is -0.757. The Balaban J connectivity index is 1.86. The summed E-state index contributed by atoms with van der Waals surface area (Å²) in [5.41, 5.74) is 2.37. The molecule has 1 saturated heterocycles. The van der Waals surface area contributed by atoms with E-state index in [1.165, 1.54) is 5.56 Å². The maximum atomic E-state index is 10.6. The van der Waals surface area contributed by atoms with Crippen LogP contribution in [0, 0.1) is 0 Å². The van der Waals surface area contributed by atoms with Gasteiger partial charge in [-0.15, -0.1) is 0 Å². The quantitative estimate of drug-likeness (QED) is 0.855. The van der Waals surface area contributed by atoms with Crippen molar-refractivity contribution >= 4 is 12.0 Å². The molecule has 18 heavy (non-hydrogen) atoms. The van der Waals surface area contributed by atoms with Crippen LogP contribution < -0.4 is 0 Å². The SMILES string of the molecule is C=Cc1ccc(CN2CCN(CC(=O)O)C2)cc1. The van der Waals surface area contributed by atoms with Gasteiger partial charge in [-0.1, -0.05) is 36.9 Å². The fourth-order valence-corrected chi connectivity index (χ4v) is 2.17. The van der Waals surface area contributed by atoms with Crippen LogP contribution in [0.25, 0.3) is 6.08 Å². The number of carbonyl (C=O) groups is 1. The molecule has 0 saturated carbocycles. The van der Waals surface area contributed by atoms with E-state index in [1.54, 1.807) is 0 Å². The molecule has 1 heterocycles. The standard InChI is InChI=1S/C14H18N2O2/c1-2-12-3-5-13(6-4-12)9-15-7-8-16(11-15)10-14(17)18/h2-6H,1,7-11H2,(H,17,18). The Labute approximate surface area is 107 Å². The molecular formula is C14H18N2O2. The first-order valence-corrected chi connectivity index (χ1v) is 6.05. The number of rotatable bonds is 5. The molecule has 1 aliphatic heterocycles. The fraction of sp³-hybridized carbons (Fsp3) is 0.357. The van der Waals surface area contributed by atoms with Crippen molar-refractivity contribution < 1.29 is 9.90 Å². The second-order valence-corrected chi connectivity index (χ2v) is 4.59. The Morgan fingerprint density at radius 2 is 1.94 bits per heavy atom. The number of benzene rings is 1. The van der Waals surface area contributed by atoms with Crippen LogP contribution in [0.4, 0.5) is 0 Å². The normalized spacial score (nSPS) is 16.9. The van der Waals surface area contributed by atoms with Crippen molar-refractivity contribution in [2.24, 2.45) is 0 Å². The average Bonchev–Trinajstić information content (AvgIpc) is 2.76. The third kappa shape index (κ3) is 3.42. The second kappa shape index (κ2) is 5.80. The van der Waals surface area contributed by atoms with Gasteiger partial charge in [-0.3, -0.25) is 14.6 Å². The van der Waals surface area contributed by atoms with Crippen molar-refractivity contribution in [3.05, 3.63) is 42.0 Å². The minimum Gasteiger partial charge on any atom is -0.480 e. The van der Waals surface area contributed by atoms with Crippen molar-refractivity contribution in [2.45, 2.75) is 6.54 Å². The van der Waals surface area contributed by atoms with Gasteiger partial charge in [0.15, 0.2) is 0 Å². The van der Waals surface area contributed by atoms with E-state index in [0.717, 1.165) is 31.9 Å². The molecule has 0 atom stereocenters. The highest BCUT2D eigenvalue weighted by Gasteiger charge is 2.21. The molecule has 0 unspecified atom stereocenters. The summed E-state index contributed by atoms with van der Waals surface area (Å²) in [6, 6.07) is 8.29. The Hall–Kier alpha value is -1.65. The number of hydrogen-bond donors (Lipinski definition) is 1. The average molecular weight is 246 g/mol. The van der Waals surface area contributed by atoms with Gasteiger partial charge in [-0.25, -0.2) is 0 Å². The third-order valence-corrected chi connectivity index (χ3v) is 3.11. The van der Waals surface area contributed by atoms with E-state index in [4.69, 9.17) is 5.11 Å². The molecule has 0 amide bonds. The van der Waals surface area contributed by atoms with Crippen molar-refractivity contribution in [3.8, 4) is 0 Å². The molecule has 0 bridgehead atoms. The van der Waals surface area contributed by atoms with Crippen LogP contribution in [0.5, 0.6) is 0 Å². The van der Waals surface area contributed by atoms with Gasteiger partial charge < -0.3 is 5.11 Å². The molecule has 1 N–H and O–H groups in total. The predicted octanol–water partition coefficient (Wildman–Crippen LogP) is 1.49. The Morgan fingerprint density at radius 1 is 1.28 bits per heavy atom. The lowest BCUT2D eigenvalue weighted by atomic mass is 10.1. The highest BCUT2D eigenvalue weighted by Crippen LogP contribution is 2.12. The summed E-state index contributed by atoms with van der Waals surface area (Å²) < 4.78 is 0. The van der Waals surface area contributed by atoms with Crippen LogP contribution in [-0.2, 0) is 11.3 Å². The van der Waals surface area contributed by atoms with Crippen LogP contribution in [0.15, 0.2) is 30.8 Å². The summed E-state index contributed by atoms with van der Waals surface area (Å²) in [5, 5.41) is 8.74. The van der Waals surface area contributed by atoms with E-state index in [0.29, 0.717) is 0 Å². The van der Waals surface area contributed by atoms with Gasteiger partial charge in [0.05, 0.1) is 13.2 Å². The lowest BCUT2D eigenvalue weighted by Crippen LogP contribution is -2.29. The number of hydrogen-bond acceptors (Lipinski definition) is 3. The first kappa shape index (κ1) is 12.8. The number of carboxylic acid groups (broad SMARTS) is 1. The molecule has 0 spiro atoms. The zero-order chi connectivity index (χ0) is 13.0. The summed E-state index contributed by atoms with van der Waals surface area (Å²) in [5.74, 6) is -0.757. The van der Waals surface area contributed by atoms with Gasteiger partial charge in [-0.2, -0.15) is 0 Å². The third-order valence-electron chi connectivity index (χ3n) is 3.11. The fourth-order valence-electron chi connectivity index (χ4n) is 2.17. The summed E-state index contributed by atoms with van der Waals surface area (Å²) in [6.45, 7) is 7.22. The van der Waals surface area contributed by atoms with Gasteiger partial charge >= 0.3 is 5.97 Å². The summed E-state index contributed by atoms with van der Waals surface area (Å²) >= 11 is 0. The first-order valence-electron chi connectivity index (χ1n) is 6.05. The molecule has 4 nitrogen and oxygen atoms in total. The maximum absolute atomic E-state index is 10.6. The topological polar surface area (TPSA) is 43.8 Å². The number of nitrogens with zero attached hydrogens (tertiary/aromatic N) is 2. The van der Waals surface area contributed by atoms with Gasteiger partial charge in [0.2, 0.25) is 0 Å². The van der Waals surface area contributed by atoms with Crippen LogP contribution in [0.1, 0.15) is 11.1 Å². The van der Waals surface area contributed by atoms with E-state index in [1.807, 2.05) is 23.1 Å². The highest BCUT2D eigenvalue weighted by molar-refractivity contribution is 5.69. The highest BCUT2D eigenvalue weighted by atomic mass is 16.4. The number of carboxylic acids is 1. The van der Waals surface area contributed by atoms with Gasteiger partial charge in [0.1, 0.15) is 0 Å². The zero-order valence-electron chi connectivity index (χ0n) is 10.4. The monoisotopic (exact) mass is 246 g/mol. The molecule has 1 fully saturated rings. The van der Waals surface area contributed by atoms with Crippen molar-refractivity contribution in [1.29, 1.82) is 0 Å². The van der Waals surface area contributed by atoms with E-state index in [2.05, 4.69) is 23.6 Å². The maximum Gasteiger partial charge on any atom is 0.317 e. The van der Waals surface area contributed by atoms with E-state index < -0.39 is 5.97 Å². The van der Waals surface area contributed by atoms with Gasteiger partial charge in [0.25, 0.3) is 0 Å². The molecule has 0 aliphatic carbocycles. The molecule has 2 rings (SSSR count). The molecule has 1 aromatic rings. The summed E-state index contributed by atoms with van der Waals surface area (Å²) in [7, 11) is 0. The lowest BCUT2D eigenvalue weighted by molar-refractivity contribution is -0.138. The molecule has 1 aromatic carbocycles. The van der Waals surface area contributed by atoms with E-state index in [-0.39, 0.29) is 6.54 Å². The van der Waals surface area contributed by atoms with Crippen molar-refractivity contribution in [3.63, 3.8) is 0 Å². The molecule has 96 valence electrons. The smallest absolute Gasteiger partial charge is 0.317 e. The molecule has 0 radical (unpaired) electrons. The Kier molecular flexibility index (Phi) is 4.12. The van der Waals surface area contributed by atoms with Crippen molar-refractivity contribution in [2.75, 3.05) is 26.3 Å². The molecule has 1 aliphatic rings. The summed E-state index contributed by atoms with van der Waals surface area (Å²) in [4.78, 5) is 14.8. The van der Waals surface area contributed by atoms with Crippen molar-refractivity contribution in [1.82, 2.24) is 9.80 Å².